The third kappa shape index (κ3) is 3.84. The van der Waals surface area contributed by atoms with Crippen LogP contribution in [0.3, 0.4) is 0 Å². The summed E-state index contributed by atoms with van der Waals surface area (Å²) in [6.45, 7) is 5.98. The number of rotatable bonds is 6. The predicted octanol–water partition coefficient (Wildman–Crippen LogP) is 2.60. The molecule has 1 aromatic rings. The predicted molar refractivity (Wildman–Crippen MR) is 71.6 cm³/mol. The second-order valence-corrected chi connectivity index (χ2v) is 5.44. The molecule has 1 saturated carbocycles. The van der Waals surface area contributed by atoms with Gasteiger partial charge in [0, 0.05) is 13.1 Å². The number of aliphatic carboxylic acids is 1. The first kappa shape index (κ1) is 13.1. The van der Waals surface area contributed by atoms with Crippen LogP contribution in [-0.4, -0.2) is 29.1 Å². The Labute approximate surface area is 108 Å². The van der Waals surface area contributed by atoms with Crippen molar-refractivity contribution >= 4 is 5.97 Å². The Bertz CT molecular complexity index is 438. The van der Waals surface area contributed by atoms with Gasteiger partial charge in [0.1, 0.15) is 0 Å². The van der Waals surface area contributed by atoms with E-state index in [1.54, 1.807) is 0 Å². The topological polar surface area (TPSA) is 40.5 Å². The van der Waals surface area contributed by atoms with Crippen molar-refractivity contribution in [3.05, 3.63) is 34.9 Å². The van der Waals surface area contributed by atoms with Gasteiger partial charge in [-0.05, 0) is 43.7 Å². The molecule has 0 heterocycles. The van der Waals surface area contributed by atoms with Crippen molar-refractivity contribution in [2.24, 2.45) is 5.92 Å². The summed E-state index contributed by atoms with van der Waals surface area (Å²) in [7, 11) is 0. The lowest BCUT2D eigenvalue weighted by Gasteiger charge is -2.21. The summed E-state index contributed by atoms with van der Waals surface area (Å²) in [5.41, 5.74) is 3.74. The Morgan fingerprint density at radius 3 is 2.67 bits per heavy atom. The van der Waals surface area contributed by atoms with Crippen LogP contribution >= 0.6 is 0 Å². The van der Waals surface area contributed by atoms with Crippen LogP contribution < -0.4 is 0 Å². The summed E-state index contributed by atoms with van der Waals surface area (Å²) < 4.78 is 0. The first-order valence-electron chi connectivity index (χ1n) is 6.55. The van der Waals surface area contributed by atoms with Crippen molar-refractivity contribution in [1.29, 1.82) is 0 Å². The summed E-state index contributed by atoms with van der Waals surface area (Å²) in [6, 6.07) is 6.37. The number of carboxylic acid groups (broad SMARTS) is 1. The van der Waals surface area contributed by atoms with Crippen LogP contribution in [0, 0.1) is 19.8 Å². The zero-order valence-corrected chi connectivity index (χ0v) is 11.1. The van der Waals surface area contributed by atoms with E-state index in [9.17, 15) is 4.79 Å². The van der Waals surface area contributed by atoms with E-state index in [0.717, 1.165) is 19.0 Å². The number of carbonyl (C=O) groups is 1. The molecule has 0 radical (unpaired) electrons. The van der Waals surface area contributed by atoms with Crippen molar-refractivity contribution in [1.82, 2.24) is 4.90 Å². The lowest BCUT2D eigenvalue weighted by Crippen LogP contribution is -2.31. The van der Waals surface area contributed by atoms with Gasteiger partial charge in [-0.1, -0.05) is 23.8 Å². The van der Waals surface area contributed by atoms with Gasteiger partial charge in [-0.15, -0.1) is 0 Å². The van der Waals surface area contributed by atoms with Crippen molar-refractivity contribution in [2.45, 2.75) is 33.2 Å². The molecule has 0 aromatic heterocycles. The number of aryl methyl sites for hydroxylation is 2. The zero-order chi connectivity index (χ0) is 13.1. The highest BCUT2D eigenvalue weighted by atomic mass is 16.4. The molecule has 98 valence electrons. The Morgan fingerprint density at radius 2 is 2.11 bits per heavy atom. The molecule has 1 fully saturated rings. The fourth-order valence-electron chi connectivity index (χ4n) is 2.31. The molecule has 1 aliphatic rings. The number of carboxylic acids is 1. The van der Waals surface area contributed by atoms with E-state index in [4.69, 9.17) is 5.11 Å². The molecule has 0 saturated heterocycles. The average Bonchev–Trinajstić information content (AvgIpc) is 3.05. The Hall–Kier alpha value is -1.35. The zero-order valence-electron chi connectivity index (χ0n) is 11.1. The van der Waals surface area contributed by atoms with Gasteiger partial charge in [0.15, 0.2) is 0 Å². The van der Waals surface area contributed by atoms with E-state index >= 15 is 0 Å². The quantitative estimate of drug-likeness (QED) is 0.840. The van der Waals surface area contributed by atoms with Crippen molar-refractivity contribution in [3.63, 3.8) is 0 Å². The number of hydrogen-bond acceptors (Lipinski definition) is 2. The van der Waals surface area contributed by atoms with Gasteiger partial charge < -0.3 is 5.11 Å². The van der Waals surface area contributed by atoms with E-state index in [1.165, 1.54) is 29.5 Å². The SMILES string of the molecule is Cc1ccc(CN(CC(=O)O)CC2CC2)c(C)c1. The standard InChI is InChI=1S/C15H21NO2/c1-11-3-6-14(12(2)7-11)9-16(10-15(17)18)8-13-4-5-13/h3,6-7,13H,4-5,8-10H2,1-2H3,(H,17,18). The maximum atomic E-state index is 10.9. The van der Waals surface area contributed by atoms with Crippen molar-refractivity contribution in [2.75, 3.05) is 13.1 Å². The highest BCUT2D eigenvalue weighted by Crippen LogP contribution is 2.30. The van der Waals surface area contributed by atoms with Gasteiger partial charge in [-0.3, -0.25) is 9.69 Å². The summed E-state index contributed by atoms with van der Waals surface area (Å²) >= 11 is 0. The number of benzene rings is 1. The maximum Gasteiger partial charge on any atom is 0.317 e. The average molecular weight is 247 g/mol. The largest absolute Gasteiger partial charge is 0.480 e. The van der Waals surface area contributed by atoms with Gasteiger partial charge in [0.2, 0.25) is 0 Å². The van der Waals surface area contributed by atoms with E-state index < -0.39 is 5.97 Å². The van der Waals surface area contributed by atoms with Crippen molar-refractivity contribution < 1.29 is 9.90 Å². The lowest BCUT2D eigenvalue weighted by molar-refractivity contribution is -0.138. The lowest BCUT2D eigenvalue weighted by atomic mass is 10.1. The minimum Gasteiger partial charge on any atom is -0.480 e. The Morgan fingerprint density at radius 1 is 1.39 bits per heavy atom. The minimum atomic E-state index is -0.736. The van der Waals surface area contributed by atoms with E-state index in [2.05, 4.69) is 36.9 Å². The molecule has 18 heavy (non-hydrogen) atoms. The molecule has 0 amide bonds. The van der Waals surface area contributed by atoms with Crippen LogP contribution in [0.5, 0.6) is 0 Å². The highest BCUT2D eigenvalue weighted by molar-refractivity contribution is 5.69. The summed E-state index contributed by atoms with van der Waals surface area (Å²) in [4.78, 5) is 13.0. The van der Waals surface area contributed by atoms with Gasteiger partial charge in [0.25, 0.3) is 0 Å². The molecular weight excluding hydrogens is 226 g/mol. The molecular formula is C15H21NO2. The fraction of sp³-hybridized carbons (Fsp3) is 0.533. The second-order valence-electron chi connectivity index (χ2n) is 5.44. The molecule has 0 atom stereocenters. The molecule has 0 spiro atoms. The maximum absolute atomic E-state index is 10.9. The fourth-order valence-corrected chi connectivity index (χ4v) is 2.31. The van der Waals surface area contributed by atoms with E-state index in [0.29, 0.717) is 0 Å². The first-order valence-corrected chi connectivity index (χ1v) is 6.55. The van der Waals surface area contributed by atoms with Gasteiger partial charge in [-0.25, -0.2) is 0 Å². The molecule has 3 heteroatoms. The molecule has 0 bridgehead atoms. The molecule has 0 unspecified atom stereocenters. The van der Waals surface area contributed by atoms with Crippen LogP contribution in [0.25, 0.3) is 0 Å². The normalized spacial score (nSPS) is 15.1. The molecule has 1 aromatic carbocycles. The van der Waals surface area contributed by atoms with Crippen LogP contribution in [-0.2, 0) is 11.3 Å². The van der Waals surface area contributed by atoms with Crippen molar-refractivity contribution in [3.8, 4) is 0 Å². The summed E-state index contributed by atoms with van der Waals surface area (Å²) in [5, 5.41) is 8.97. The van der Waals surface area contributed by atoms with E-state index in [-0.39, 0.29) is 6.54 Å². The van der Waals surface area contributed by atoms with Gasteiger partial charge >= 0.3 is 5.97 Å². The van der Waals surface area contributed by atoms with Crippen LogP contribution in [0.2, 0.25) is 0 Å². The van der Waals surface area contributed by atoms with Gasteiger partial charge in [-0.2, -0.15) is 0 Å². The van der Waals surface area contributed by atoms with Crippen LogP contribution in [0.4, 0.5) is 0 Å². The minimum absolute atomic E-state index is 0.143. The van der Waals surface area contributed by atoms with Crippen LogP contribution in [0.15, 0.2) is 18.2 Å². The molecule has 0 aliphatic heterocycles. The molecule has 2 rings (SSSR count). The highest BCUT2D eigenvalue weighted by Gasteiger charge is 2.25. The number of nitrogens with zero attached hydrogens (tertiary/aromatic N) is 1. The third-order valence-corrected chi connectivity index (χ3v) is 3.46. The van der Waals surface area contributed by atoms with Gasteiger partial charge in [0.05, 0.1) is 6.54 Å². The molecule has 1 aliphatic carbocycles. The molecule has 1 N–H and O–H groups in total. The Balaban J connectivity index is 2.03. The third-order valence-electron chi connectivity index (χ3n) is 3.46. The Kier molecular flexibility index (Phi) is 4.02. The summed E-state index contributed by atoms with van der Waals surface area (Å²) in [6.07, 6.45) is 2.51. The monoisotopic (exact) mass is 247 g/mol. The van der Waals surface area contributed by atoms with E-state index in [1.807, 2.05) is 0 Å². The second kappa shape index (κ2) is 5.53. The first-order chi connectivity index (χ1) is 8.54. The van der Waals surface area contributed by atoms with Crippen LogP contribution in [0.1, 0.15) is 29.5 Å². The number of hydrogen-bond donors (Lipinski definition) is 1. The molecule has 3 nitrogen and oxygen atoms in total. The summed E-state index contributed by atoms with van der Waals surface area (Å²) in [5.74, 6) is -0.0180. The smallest absolute Gasteiger partial charge is 0.317 e.